The lowest BCUT2D eigenvalue weighted by atomic mass is 10.1. The molecule has 218 valence electrons. The van der Waals surface area contributed by atoms with Crippen molar-refractivity contribution in [2.75, 3.05) is 31.8 Å². The van der Waals surface area contributed by atoms with E-state index >= 15 is 0 Å². The van der Waals surface area contributed by atoms with Crippen LogP contribution in [0.1, 0.15) is 57.3 Å². The molecule has 1 aliphatic rings. The maximum atomic E-state index is 12.6. The summed E-state index contributed by atoms with van der Waals surface area (Å²) in [6.07, 6.45) is 1.64. The lowest BCUT2D eigenvalue weighted by Gasteiger charge is -2.17. The van der Waals surface area contributed by atoms with Crippen LogP contribution >= 0.6 is 0 Å². The molecule has 0 radical (unpaired) electrons. The zero-order valence-corrected chi connectivity index (χ0v) is 23.4. The van der Waals surface area contributed by atoms with Crippen molar-refractivity contribution >= 4 is 35.3 Å². The zero-order valence-electron chi connectivity index (χ0n) is 23.4. The van der Waals surface area contributed by atoms with Crippen molar-refractivity contribution in [3.8, 4) is 11.5 Å². The summed E-state index contributed by atoms with van der Waals surface area (Å²) in [6, 6.07) is 18.8. The predicted octanol–water partition coefficient (Wildman–Crippen LogP) is 4.65. The van der Waals surface area contributed by atoms with Gasteiger partial charge in [0.15, 0.2) is 12.4 Å². The number of hydrogen-bond acceptors (Lipinski definition) is 9. The molecule has 1 saturated heterocycles. The summed E-state index contributed by atoms with van der Waals surface area (Å²) in [5.74, 6) is -2.35. The summed E-state index contributed by atoms with van der Waals surface area (Å²) >= 11 is 0. The quantitative estimate of drug-likeness (QED) is 0.132. The summed E-state index contributed by atoms with van der Waals surface area (Å²) < 4.78 is 20.9. The van der Waals surface area contributed by atoms with E-state index < -0.39 is 36.2 Å². The number of carbonyl (C=O) groups is 5. The second kappa shape index (κ2) is 14.1. The fourth-order valence-corrected chi connectivity index (χ4v) is 4.25. The first-order chi connectivity index (χ1) is 20.3. The van der Waals surface area contributed by atoms with Crippen LogP contribution in [0.5, 0.6) is 11.5 Å². The Balaban J connectivity index is 1.26. The van der Waals surface area contributed by atoms with Crippen LogP contribution in [-0.4, -0.2) is 56.5 Å². The fourth-order valence-electron chi connectivity index (χ4n) is 4.25. The molecule has 0 spiro atoms. The maximum absolute atomic E-state index is 12.6. The summed E-state index contributed by atoms with van der Waals surface area (Å²) in [5.41, 5.74) is 1.49. The Morgan fingerprint density at radius 2 is 1.55 bits per heavy atom. The highest BCUT2D eigenvalue weighted by atomic mass is 16.5. The molecule has 3 aromatic rings. The van der Waals surface area contributed by atoms with Crippen LogP contribution in [0.3, 0.4) is 0 Å². The first-order valence-corrected chi connectivity index (χ1v) is 13.5. The third kappa shape index (κ3) is 7.60. The van der Waals surface area contributed by atoms with Gasteiger partial charge in [0.25, 0.3) is 0 Å². The predicted molar refractivity (Wildman–Crippen MR) is 152 cm³/mol. The second-order valence-corrected chi connectivity index (χ2v) is 9.62. The van der Waals surface area contributed by atoms with Gasteiger partial charge in [-0.05, 0) is 73.2 Å². The number of amides is 1. The van der Waals surface area contributed by atoms with E-state index in [2.05, 4.69) is 0 Å². The number of anilines is 1. The largest absolute Gasteiger partial charge is 0.497 e. The Morgan fingerprint density at radius 1 is 0.833 bits per heavy atom. The number of ether oxygens (including phenoxy) is 4. The average Bonchev–Trinajstić information content (AvgIpc) is 3.41. The second-order valence-electron chi connectivity index (χ2n) is 9.62. The molecule has 0 aromatic heterocycles. The Labute approximate surface area is 243 Å². The number of unbranched alkanes of at least 4 members (excludes halogenated alkanes) is 1. The average molecular weight is 574 g/mol. The lowest BCUT2D eigenvalue weighted by molar-refractivity contribution is -0.147. The van der Waals surface area contributed by atoms with Crippen LogP contribution in [-0.2, 0) is 19.1 Å². The number of ketones is 1. The van der Waals surface area contributed by atoms with Crippen LogP contribution in [0.15, 0.2) is 72.8 Å². The minimum absolute atomic E-state index is 0.0544. The molecule has 0 N–H and O–H groups in total. The summed E-state index contributed by atoms with van der Waals surface area (Å²) in [4.78, 5) is 63.8. The van der Waals surface area contributed by atoms with Crippen LogP contribution in [0, 0.1) is 5.92 Å². The van der Waals surface area contributed by atoms with E-state index in [9.17, 15) is 24.0 Å². The maximum Gasteiger partial charge on any atom is 0.343 e. The van der Waals surface area contributed by atoms with Gasteiger partial charge in [-0.15, -0.1) is 0 Å². The summed E-state index contributed by atoms with van der Waals surface area (Å²) in [6.45, 7) is 1.95. The molecule has 0 aliphatic carbocycles. The normalized spacial score (nSPS) is 14.3. The Bertz CT molecular complexity index is 1450. The molecule has 10 nitrogen and oxygen atoms in total. The highest BCUT2D eigenvalue weighted by Crippen LogP contribution is 2.26. The van der Waals surface area contributed by atoms with E-state index in [0.717, 1.165) is 12.8 Å². The third-order valence-corrected chi connectivity index (χ3v) is 6.64. The first kappa shape index (κ1) is 30.0. The number of esters is 3. The number of hydrogen-bond donors (Lipinski definition) is 0. The highest BCUT2D eigenvalue weighted by molar-refractivity contribution is 6.01. The molecule has 1 amide bonds. The van der Waals surface area contributed by atoms with Crippen LogP contribution < -0.4 is 14.4 Å². The van der Waals surface area contributed by atoms with Gasteiger partial charge in [0.05, 0.1) is 30.8 Å². The van der Waals surface area contributed by atoms with Gasteiger partial charge >= 0.3 is 17.9 Å². The van der Waals surface area contributed by atoms with E-state index in [1.165, 1.54) is 36.3 Å². The smallest absolute Gasteiger partial charge is 0.343 e. The summed E-state index contributed by atoms with van der Waals surface area (Å²) in [7, 11) is 1.50. The molecule has 1 fully saturated rings. The number of nitrogens with zero attached hydrogens (tertiary/aromatic N) is 1. The van der Waals surface area contributed by atoms with Crippen LogP contribution in [0.25, 0.3) is 0 Å². The number of methoxy groups -OCH3 is 1. The van der Waals surface area contributed by atoms with Crippen molar-refractivity contribution in [3.05, 3.63) is 89.5 Å². The molecule has 42 heavy (non-hydrogen) atoms. The van der Waals surface area contributed by atoms with Crippen molar-refractivity contribution in [1.29, 1.82) is 0 Å². The topological polar surface area (TPSA) is 126 Å². The fraction of sp³-hybridized carbons (Fsp3) is 0.281. The number of carbonyl (C=O) groups excluding carboxylic acids is 5. The Hall–Kier alpha value is -4.99. The Morgan fingerprint density at radius 3 is 2.24 bits per heavy atom. The van der Waals surface area contributed by atoms with Crippen LogP contribution in [0.2, 0.25) is 0 Å². The lowest BCUT2D eigenvalue weighted by Crippen LogP contribution is -2.27. The van der Waals surface area contributed by atoms with Crippen molar-refractivity contribution < 1.29 is 42.9 Å². The van der Waals surface area contributed by atoms with Gasteiger partial charge in [0.2, 0.25) is 5.91 Å². The standard InChI is InChI=1S/C32H31NO9/c1-3-4-16-40-30(36)22-8-12-25(13-9-22)33-19-24(18-29(33)35)31(37)41-20-28(34)21-10-14-26(15-11-21)42-32(38)23-6-5-7-27(17-23)39-2/h5-15,17,24H,3-4,16,18-20H2,1-2H3/t24-/m0/s1. The van der Waals surface area contributed by atoms with Gasteiger partial charge in [-0.3, -0.25) is 14.4 Å². The van der Waals surface area contributed by atoms with Crippen molar-refractivity contribution in [2.45, 2.75) is 26.2 Å². The van der Waals surface area contributed by atoms with E-state index in [-0.39, 0.29) is 30.2 Å². The summed E-state index contributed by atoms with van der Waals surface area (Å²) in [5, 5.41) is 0. The van der Waals surface area contributed by atoms with Crippen LogP contribution in [0.4, 0.5) is 5.69 Å². The van der Waals surface area contributed by atoms with Gasteiger partial charge in [0, 0.05) is 24.2 Å². The zero-order chi connectivity index (χ0) is 30.1. The van der Waals surface area contributed by atoms with Crippen molar-refractivity contribution in [3.63, 3.8) is 0 Å². The van der Waals surface area contributed by atoms with Gasteiger partial charge in [0.1, 0.15) is 11.5 Å². The third-order valence-electron chi connectivity index (χ3n) is 6.64. The molecular formula is C32H31NO9. The molecule has 0 bridgehead atoms. The van der Waals surface area contributed by atoms with Gasteiger partial charge in [-0.2, -0.15) is 0 Å². The van der Waals surface area contributed by atoms with Gasteiger partial charge in [-0.1, -0.05) is 19.4 Å². The molecule has 0 saturated carbocycles. The first-order valence-electron chi connectivity index (χ1n) is 13.5. The number of Topliss-reactive ketones (excluding diaryl/α,β-unsaturated/α-hetero) is 1. The molecule has 1 atom stereocenters. The van der Waals surface area contributed by atoms with Crippen molar-refractivity contribution in [2.24, 2.45) is 5.92 Å². The molecule has 0 unspecified atom stereocenters. The molecule has 3 aromatic carbocycles. The number of benzene rings is 3. The van der Waals surface area contributed by atoms with E-state index in [1.54, 1.807) is 48.5 Å². The van der Waals surface area contributed by atoms with E-state index in [4.69, 9.17) is 18.9 Å². The molecule has 1 aliphatic heterocycles. The molecular weight excluding hydrogens is 542 g/mol. The number of rotatable bonds is 12. The Kier molecular flexibility index (Phi) is 10.0. The minimum atomic E-state index is -0.734. The highest BCUT2D eigenvalue weighted by Gasteiger charge is 2.36. The van der Waals surface area contributed by atoms with Gasteiger partial charge in [-0.25, -0.2) is 9.59 Å². The molecule has 10 heteroatoms. The van der Waals surface area contributed by atoms with Crippen molar-refractivity contribution in [1.82, 2.24) is 0 Å². The SMILES string of the molecule is CCCCOC(=O)c1ccc(N2C[C@@H](C(=O)OCC(=O)c3ccc(OC(=O)c4cccc(OC)c4)cc3)CC2=O)cc1. The van der Waals surface area contributed by atoms with E-state index in [0.29, 0.717) is 29.2 Å². The van der Waals surface area contributed by atoms with E-state index in [1.807, 2.05) is 6.92 Å². The molecule has 1 heterocycles. The van der Waals surface area contributed by atoms with Gasteiger partial charge < -0.3 is 23.8 Å². The minimum Gasteiger partial charge on any atom is -0.497 e. The monoisotopic (exact) mass is 573 g/mol. The molecule has 4 rings (SSSR count).